The zero-order valence-electron chi connectivity index (χ0n) is 9.11. The van der Waals surface area contributed by atoms with E-state index in [2.05, 4.69) is 45.5 Å². The molecule has 0 saturated carbocycles. The van der Waals surface area contributed by atoms with Gasteiger partial charge in [0.15, 0.2) is 0 Å². The van der Waals surface area contributed by atoms with Gasteiger partial charge in [-0.25, -0.2) is 0 Å². The summed E-state index contributed by atoms with van der Waals surface area (Å²) in [6, 6.07) is 10.7. The Morgan fingerprint density at radius 3 is 2.56 bits per heavy atom. The third-order valence-electron chi connectivity index (χ3n) is 2.64. The molecule has 0 fully saturated rings. The molecule has 2 aromatic rings. The van der Waals surface area contributed by atoms with Crippen molar-refractivity contribution in [3.63, 3.8) is 0 Å². The molecule has 84 valence electrons. The number of halogens is 1. The number of benzene rings is 1. The van der Waals surface area contributed by atoms with Gasteiger partial charge in [0.05, 0.1) is 12.5 Å². The zero-order valence-corrected chi connectivity index (χ0v) is 10.7. The van der Waals surface area contributed by atoms with Crippen LogP contribution in [0, 0.1) is 0 Å². The SMILES string of the molecule is CNC(Cc1ccoc1)c1ccc(Br)cc1. The topological polar surface area (TPSA) is 25.2 Å². The first kappa shape index (κ1) is 11.4. The van der Waals surface area contributed by atoms with Crippen molar-refractivity contribution < 1.29 is 4.42 Å². The number of nitrogens with one attached hydrogen (secondary N) is 1. The van der Waals surface area contributed by atoms with Gasteiger partial charge in [0.1, 0.15) is 0 Å². The van der Waals surface area contributed by atoms with Crippen molar-refractivity contribution in [1.82, 2.24) is 5.32 Å². The Balaban J connectivity index is 2.13. The van der Waals surface area contributed by atoms with E-state index in [0.29, 0.717) is 6.04 Å². The van der Waals surface area contributed by atoms with Crippen LogP contribution in [0.3, 0.4) is 0 Å². The summed E-state index contributed by atoms with van der Waals surface area (Å²) in [4.78, 5) is 0. The maximum atomic E-state index is 5.08. The van der Waals surface area contributed by atoms with E-state index in [0.717, 1.165) is 10.9 Å². The molecule has 1 aromatic heterocycles. The Kier molecular flexibility index (Phi) is 3.80. The number of likely N-dealkylation sites (N-methyl/N-ethyl adjacent to an activating group) is 1. The average molecular weight is 280 g/mol. The molecule has 1 atom stereocenters. The third kappa shape index (κ3) is 2.74. The molecule has 0 bridgehead atoms. The largest absolute Gasteiger partial charge is 0.472 e. The van der Waals surface area contributed by atoms with Gasteiger partial charge in [-0.15, -0.1) is 0 Å². The molecule has 2 nitrogen and oxygen atoms in total. The quantitative estimate of drug-likeness (QED) is 0.926. The molecular formula is C13H14BrNO. The van der Waals surface area contributed by atoms with Gasteiger partial charge in [0.25, 0.3) is 0 Å². The van der Waals surface area contributed by atoms with Crippen LogP contribution in [0.1, 0.15) is 17.2 Å². The van der Waals surface area contributed by atoms with E-state index in [1.54, 1.807) is 12.5 Å². The molecule has 0 aliphatic rings. The molecule has 2 rings (SSSR count). The molecule has 0 aliphatic carbocycles. The zero-order chi connectivity index (χ0) is 11.4. The lowest BCUT2D eigenvalue weighted by Gasteiger charge is -2.15. The van der Waals surface area contributed by atoms with Crippen LogP contribution < -0.4 is 5.32 Å². The van der Waals surface area contributed by atoms with Gasteiger partial charge in [-0.3, -0.25) is 0 Å². The monoisotopic (exact) mass is 279 g/mol. The predicted octanol–water partition coefficient (Wildman–Crippen LogP) is 3.55. The van der Waals surface area contributed by atoms with Gasteiger partial charge in [-0.1, -0.05) is 28.1 Å². The number of rotatable bonds is 4. The maximum absolute atomic E-state index is 5.08. The number of hydrogen-bond donors (Lipinski definition) is 1. The second-order valence-electron chi connectivity index (χ2n) is 3.73. The Bertz CT molecular complexity index is 422. The van der Waals surface area contributed by atoms with Crippen molar-refractivity contribution in [3.8, 4) is 0 Å². The molecule has 0 aliphatic heterocycles. The molecule has 1 heterocycles. The van der Waals surface area contributed by atoms with Crippen LogP contribution in [-0.2, 0) is 6.42 Å². The van der Waals surface area contributed by atoms with Crippen molar-refractivity contribution in [2.24, 2.45) is 0 Å². The summed E-state index contributed by atoms with van der Waals surface area (Å²) in [6.45, 7) is 0. The Labute approximate surface area is 104 Å². The Morgan fingerprint density at radius 1 is 1.25 bits per heavy atom. The maximum Gasteiger partial charge on any atom is 0.0935 e. The van der Waals surface area contributed by atoms with Gasteiger partial charge in [-0.05, 0) is 42.8 Å². The van der Waals surface area contributed by atoms with Crippen LogP contribution in [-0.4, -0.2) is 7.05 Å². The molecule has 1 aromatic carbocycles. The van der Waals surface area contributed by atoms with Gasteiger partial charge in [0, 0.05) is 10.5 Å². The average Bonchev–Trinajstić information content (AvgIpc) is 2.80. The smallest absolute Gasteiger partial charge is 0.0935 e. The molecule has 16 heavy (non-hydrogen) atoms. The molecule has 1 N–H and O–H groups in total. The molecule has 0 amide bonds. The van der Waals surface area contributed by atoms with E-state index in [1.807, 2.05) is 13.1 Å². The van der Waals surface area contributed by atoms with E-state index in [1.165, 1.54) is 11.1 Å². The van der Waals surface area contributed by atoms with E-state index in [4.69, 9.17) is 4.42 Å². The molecule has 1 unspecified atom stereocenters. The lowest BCUT2D eigenvalue weighted by atomic mass is 10.0. The van der Waals surface area contributed by atoms with E-state index in [-0.39, 0.29) is 0 Å². The predicted molar refractivity (Wildman–Crippen MR) is 68.4 cm³/mol. The van der Waals surface area contributed by atoms with Crippen LogP contribution in [0.5, 0.6) is 0 Å². The summed E-state index contributed by atoms with van der Waals surface area (Å²) in [5, 5.41) is 3.32. The molecule has 3 heteroatoms. The van der Waals surface area contributed by atoms with Crippen molar-refractivity contribution in [3.05, 3.63) is 58.5 Å². The summed E-state index contributed by atoms with van der Waals surface area (Å²) in [6.07, 6.45) is 4.45. The fourth-order valence-electron chi connectivity index (χ4n) is 1.73. The first-order valence-corrected chi connectivity index (χ1v) is 6.02. The lowest BCUT2D eigenvalue weighted by Crippen LogP contribution is -2.18. The van der Waals surface area contributed by atoms with Gasteiger partial charge in [-0.2, -0.15) is 0 Å². The minimum absolute atomic E-state index is 0.325. The van der Waals surface area contributed by atoms with Crippen LogP contribution in [0.4, 0.5) is 0 Å². The van der Waals surface area contributed by atoms with Crippen molar-refractivity contribution >= 4 is 15.9 Å². The minimum atomic E-state index is 0.325. The van der Waals surface area contributed by atoms with E-state index in [9.17, 15) is 0 Å². The summed E-state index contributed by atoms with van der Waals surface area (Å²) in [5.74, 6) is 0. The van der Waals surface area contributed by atoms with Crippen molar-refractivity contribution in [2.45, 2.75) is 12.5 Å². The summed E-state index contributed by atoms with van der Waals surface area (Å²) in [7, 11) is 1.98. The molecular weight excluding hydrogens is 266 g/mol. The molecule has 0 radical (unpaired) electrons. The highest BCUT2D eigenvalue weighted by Crippen LogP contribution is 2.20. The molecule has 0 spiro atoms. The van der Waals surface area contributed by atoms with Gasteiger partial charge in [0.2, 0.25) is 0 Å². The van der Waals surface area contributed by atoms with E-state index >= 15 is 0 Å². The van der Waals surface area contributed by atoms with E-state index < -0.39 is 0 Å². The van der Waals surface area contributed by atoms with Crippen LogP contribution >= 0.6 is 15.9 Å². The first-order chi connectivity index (χ1) is 7.79. The van der Waals surface area contributed by atoms with Crippen molar-refractivity contribution in [1.29, 1.82) is 0 Å². The summed E-state index contributed by atoms with van der Waals surface area (Å²) in [5.41, 5.74) is 2.49. The number of hydrogen-bond acceptors (Lipinski definition) is 2. The van der Waals surface area contributed by atoms with Crippen molar-refractivity contribution in [2.75, 3.05) is 7.05 Å². The lowest BCUT2D eigenvalue weighted by molar-refractivity contribution is 0.551. The highest BCUT2D eigenvalue weighted by atomic mass is 79.9. The summed E-state index contributed by atoms with van der Waals surface area (Å²) >= 11 is 3.44. The van der Waals surface area contributed by atoms with Gasteiger partial charge < -0.3 is 9.73 Å². The third-order valence-corrected chi connectivity index (χ3v) is 3.17. The summed E-state index contributed by atoms with van der Waals surface area (Å²) < 4.78 is 6.19. The van der Waals surface area contributed by atoms with Crippen LogP contribution in [0.15, 0.2) is 51.7 Å². The van der Waals surface area contributed by atoms with Crippen LogP contribution in [0.2, 0.25) is 0 Å². The highest BCUT2D eigenvalue weighted by molar-refractivity contribution is 9.10. The fourth-order valence-corrected chi connectivity index (χ4v) is 1.99. The second-order valence-corrected chi connectivity index (χ2v) is 4.64. The number of furan rings is 1. The highest BCUT2D eigenvalue weighted by Gasteiger charge is 2.10. The van der Waals surface area contributed by atoms with Crippen LogP contribution in [0.25, 0.3) is 0 Å². The fraction of sp³-hybridized carbons (Fsp3) is 0.231. The first-order valence-electron chi connectivity index (χ1n) is 5.23. The second kappa shape index (κ2) is 5.32. The Morgan fingerprint density at radius 2 is 2.00 bits per heavy atom. The standard InChI is InChI=1S/C13H14BrNO/c1-15-13(8-10-6-7-16-9-10)11-2-4-12(14)5-3-11/h2-7,9,13,15H,8H2,1H3. The van der Waals surface area contributed by atoms with Gasteiger partial charge >= 0.3 is 0 Å². The molecule has 0 saturated heterocycles. The minimum Gasteiger partial charge on any atom is -0.472 e. The normalized spacial score (nSPS) is 12.6. The Hall–Kier alpha value is -1.06.